The molecule has 0 aromatic heterocycles. The van der Waals surface area contributed by atoms with E-state index in [1.54, 1.807) is 4.90 Å². The highest BCUT2D eigenvalue weighted by molar-refractivity contribution is 5.85. The van der Waals surface area contributed by atoms with Crippen LogP contribution in [0.1, 0.15) is 24.3 Å². The van der Waals surface area contributed by atoms with Crippen LogP contribution >= 0.6 is 12.4 Å². The van der Waals surface area contributed by atoms with Crippen LogP contribution in [-0.2, 0) is 9.59 Å². The number of hydrogen-bond acceptors (Lipinski definition) is 4. The van der Waals surface area contributed by atoms with Gasteiger partial charge in [-0.25, -0.2) is 0 Å². The lowest BCUT2D eigenvalue weighted by molar-refractivity contribution is -0.135. The minimum absolute atomic E-state index is 0. The number of nitrogens with zero attached hydrogens (tertiary/aromatic N) is 2. The number of hydrogen-bond donors (Lipinski definition) is 2. The van der Waals surface area contributed by atoms with Gasteiger partial charge in [-0.05, 0) is 18.4 Å². The van der Waals surface area contributed by atoms with Crippen molar-refractivity contribution < 1.29 is 9.59 Å². The van der Waals surface area contributed by atoms with E-state index in [2.05, 4.69) is 17.0 Å². The molecule has 0 radical (unpaired) electrons. The summed E-state index contributed by atoms with van der Waals surface area (Å²) in [6.45, 7) is 3.05. The molecule has 6 nitrogen and oxygen atoms in total. The summed E-state index contributed by atoms with van der Waals surface area (Å²) in [5.74, 6) is -0.180. The minimum atomic E-state index is -0.306. The third kappa shape index (κ3) is 4.71. The second-order valence-electron chi connectivity index (χ2n) is 6.96. The maximum Gasteiger partial charge on any atom is 0.236 e. The first-order valence-electron chi connectivity index (χ1n) is 8.64. The van der Waals surface area contributed by atoms with Crippen LogP contribution in [0.2, 0.25) is 0 Å². The Morgan fingerprint density at radius 3 is 2.52 bits per heavy atom. The van der Waals surface area contributed by atoms with Crippen LogP contribution in [0.4, 0.5) is 0 Å². The molecule has 0 bridgehead atoms. The first-order chi connectivity index (χ1) is 11.5. The Bertz CT molecular complexity index is 598. The van der Waals surface area contributed by atoms with Crippen molar-refractivity contribution in [2.75, 3.05) is 32.7 Å². The first-order valence-corrected chi connectivity index (χ1v) is 8.64. The van der Waals surface area contributed by atoms with Crippen molar-refractivity contribution in [3.05, 3.63) is 35.9 Å². The molecule has 0 aliphatic carbocycles. The van der Waals surface area contributed by atoms with Crippen LogP contribution in [0.5, 0.6) is 0 Å². The predicted molar refractivity (Wildman–Crippen MR) is 99.3 cm³/mol. The van der Waals surface area contributed by atoms with Crippen LogP contribution in [0.25, 0.3) is 0 Å². The number of likely N-dealkylation sites (tertiary alicyclic amines) is 2. The molecule has 25 heavy (non-hydrogen) atoms. The SMILES string of the molecule is Cl.NC(=O)C1CCCN(C(=O)CN2C[C@@H](N)[C@H](c3ccccc3)C2)C1. The van der Waals surface area contributed by atoms with Gasteiger partial charge in [0.15, 0.2) is 0 Å². The molecule has 0 spiro atoms. The van der Waals surface area contributed by atoms with Crippen molar-refractivity contribution in [2.24, 2.45) is 17.4 Å². The van der Waals surface area contributed by atoms with E-state index < -0.39 is 0 Å². The van der Waals surface area contributed by atoms with Crippen molar-refractivity contribution in [2.45, 2.75) is 24.8 Å². The number of carbonyl (C=O) groups excluding carboxylic acids is 2. The zero-order valence-corrected chi connectivity index (χ0v) is 15.2. The van der Waals surface area contributed by atoms with Gasteiger partial charge < -0.3 is 16.4 Å². The fraction of sp³-hybridized carbons (Fsp3) is 0.556. The molecule has 2 heterocycles. The molecular formula is C18H27ClN4O2. The van der Waals surface area contributed by atoms with Crippen LogP contribution in [-0.4, -0.2) is 60.4 Å². The minimum Gasteiger partial charge on any atom is -0.369 e. The number of halogens is 1. The Morgan fingerprint density at radius 2 is 1.84 bits per heavy atom. The van der Waals surface area contributed by atoms with Gasteiger partial charge in [-0.1, -0.05) is 30.3 Å². The van der Waals surface area contributed by atoms with Gasteiger partial charge >= 0.3 is 0 Å². The van der Waals surface area contributed by atoms with Crippen LogP contribution in [0, 0.1) is 5.92 Å². The highest BCUT2D eigenvalue weighted by atomic mass is 35.5. The number of primary amides is 1. The van der Waals surface area contributed by atoms with Gasteiger partial charge in [0, 0.05) is 38.1 Å². The van der Waals surface area contributed by atoms with Crippen LogP contribution in [0.3, 0.4) is 0 Å². The third-order valence-corrected chi connectivity index (χ3v) is 5.20. The Balaban J connectivity index is 0.00000225. The second kappa shape index (κ2) is 8.65. The van der Waals surface area contributed by atoms with Crippen molar-refractivity contribution in [1.29, 1.82) is 0 Å². The van der Waals surface area contributed by atoms with Gasteiger partial charge in [0.2, 0.25) is 11.8 Å². The molecular weight excluding hydrogens is 340 g/mol. The monoisotopic (exact) mass is 366 g/mol. The van der Waals surface area contributed by atoms with E-state index in [9.17, 15) is 9.59 Å². The quantitative estimate of drug-likeness (QED) is 0.814. The average Bonchev–Trinajstić information content (AvgIpc) is 2.96. The molecule has 1 unspecified atom stereocenters. The smallest absolute Gasteiger partial charge is 0.236 e. The van der Waals surface area contributed by atoms with Gasteiger partial charge in [-0.15, -0.1) is 12.4 Å². The molecule has 1 aromatic carbocycles. The zero-order chi connectivity index (χ0) is 17.1. The van der Waals surface area contributed by atoms with Gasteiger partial charge in [-0.2, -0.15) is 0 Å². The first kappa shape index (κ1) is 19.7. The molecule has 2 amide bonds. The summed E-state index contributed by atoms with van der Waals surface area (Å²) in [5, 5.41) is 0. The molecule has 4 N–H and O–H groups in total. The molecule has 7 heteroatoms. The van der Waals surface area contributed by atoms with E-state index in [4.69, 9.17) is 11.5 Å². The highest BCUT2D eigenvalue weighted by Crippen LogP contribution is 2.26. The van der Waals surface area contributed by atoms with E-state index in [1.807, 2.05) is 18.2 Å². The molecule has 2 saturated heterocycles. The Morgan fingerprint density at radius 1 is 1.12 bits per heavy atom. The van der Waals surface area contributed by atoms with Crippen molar-refractivity contribution in [3.63, 3.8) is 0 Å². The second-order valence-corrected chi connectivity index (χ2v) is 6.96. The van der Waals surface area contributed by atoms with E-state index in [-0.39, 0.29) is 42.1 Å². The Kier molecular flexibility index (Phi) is 6.81. The van der Waals surface area contributed by atoms with E-state index >= 15 is 0 Å². The van der Waals surface area contributed by atoms with Crippen molar-refractivity contribution in [3.8, 4) is 0 Å². The number of piperidine rings is 1. The van der Waals surface area contributed by atoms with Crippen LogP contribution < -0.4 is 11.5 Å². The van der Waals surface area contributed by atoms with E-state index in [0.717, 1.165) is 25.9 Å². The lowest BCUT2D eigenvalue weighted by Crippen LogP contribution is -2.47. The molecule has 138 valence electrons. The number of rotatable bonds is 4. The van der Waals surface area contributed by atoms with Gasteiger partial charge in [0.05, 0.1) is 12.5 Å². The van der Waals surface area contributed by atoms with E-state index in [1.165, 1.54) is 5.56 Å². The summed E-state index contributed by atoms with van der Waals surface area (Å²) in [6, 6.07) is 10.3. The lowest BCUT2D eigenvalue weighted by Gasteiger charge is -2.32. The zero-order valence-electron chi connectivity index (χ0n) is 14.3. The molecule has 3 rings (SSSR count). The summed E-state index contributed by atoms with van der Waals surface area (Å²) in [7, 11) is 0. The maximum absolute atomic E-state index is 12.6. The predicted octanol–water partition coefficient (Wildman–Crippen LogP) is 0.559. The van der Waals surface area contributed by atoms with Crippen LogP contribution in [0.15, 0.2) is 30.3 Å². The highest BCUT2D eigenvalue weighted by Gasteiger charge is 2.34. The van der Waals surface area contributed by atoms with Gasteiger partial charge in [0.25, 0.3) is 0 Å². The Hall–Kier alpha value is -1.63. The number of nitrogens with two attached hydrogens (primary N) is 2. The molecule has 2 aliphatic rings. The van der Waals surface area contributed by atoms with Gasteiger partial charge in [-0.3, -0.25) is 14.5 Å². The molecule has 1 aromatic rings. The molecule has 2 aliphatic heterocycles. The summed E-state index contributed by atoms with van der Waals surface area (Å²) in [6.07, 6.45) is 1.62. The maximum atomic E-state index is 12.6. The molecule has 3 atom stereocenters. The number of carbonyl (C=O) groups is 2. The summed E-state index contributed by atoms with van der Waals surface area (Å²) in [4.78, 5) is 27.8. The summed E-state index contributed by atoms with van der Waals surface area (Å²) < 4.78 is 0. The summed E-state index contributed by atoms with van der Waals surface area (Å²) >= 11 is 0. The molecule has 2 fully saturated rings. The Labute approximate surface area is 154 Å². The van der Waals surface area contributed by atoms with E-state index in [0.29, 0.717) is 19.6 Å². The van der Waals surface area contributed by atoms with Gasteiger partial charge in [0.1, 0.15) is 0 Å². The lowest BCUT2D eigenvalue weighted by atomic mass is 9.95. The normalized spacial score (nSPS) is 26.9. The summed E-state index contributed by atoms with van der Waals surface area (Å²) in [5.41, 5.74) is 12.9. The van der Waals surface area contributed by atoms with Crippen molar-refractivity contribution in [1.82, 2.24) is 9.80 Å². The number of amides is 2. The average molecular weight is 367 g/mol. The molecule has 0 saturated carbocycles. The third-order valence-electron chi connectivity index (χ3n) is 5.20. The fourth-order valence-corrected chi connectivity index (χ4v) is 3.82. The largest absolute Gasteiger partial charge is 0.369 e. The number of benzene rings is 1. The van der Waals surface area contributed by atoms with Crippen molar-refractivity contribution >= 4 is 24.2 Å². The standard InChI is InChI=1S/C18H26N4O2.ClH/c19-16-11-21(10-15(16)13-5-2-1-3-6-13)12-17(23)22-8-4-7-14(9-22)18(20)24;/h1-3,5-6,14-16H,4,7-12,19H2,(H2,20,24);1H/t14?,15-,16+;/m0./s1. The topological polar surface area (TPSA) is 92.7 Å². The fourth-order valence-electron chi connectivity index (χ4n) is 3.82.